The Hall–Kier alpha value is -1.04. The Kier molecular flexibility index (Phi) is 40.7. The van der Waals surface area contributed by atoms with E-state index < -0.39 is 0 Å². The predicted molar refractivity (Wildman–Crippen MR) is 306 cm³/mol. The van der Waals surface area contributed by atoms with Crippen LogP contribution >= 0.6 is 23.5 Å². The van der Waals surface area contributed by atoms with Gasteiger partial charge in [-0.05, 0) is 98.3 Å². The fourth-order valence-corrected chi connectivity index (χ4v) is 13.5. The van der Waals surface area contributed by atoms with E-state index in [4.69, 9.17) is 0 Å². The fraction of sp³-hybridized carbons (Fsp3) is 0.812. The zero-order valence-corrected chi connectivity index (χ0v) is 47.0. The number of rotatable bonds is 46. The van der Waals surface area contributed by atoms with Gasteiger partial charge in [0.15, 0.2) is 0 Å². The lowest BCUT2D eigenvalue weighted by Crippen LogP contribution is -2.38. The smallest absolute Gasteiger partial charge is 0.0995 e. The number of hydrogen-bond donors (Lipinski definition) is 0. The second-order valence-electron chi connectivity index (χ2n) is 20.8. The predicted octanol–water partition coefficient (Wildman–Crippen LogP) is 22.9. The van der Waals surface area contributed by atoms with Crippen molar-refractivity contribution in [2.45, 2.75) is 314 Å². The molecular formula is C64H112S2. The highest BCUT2D eigenvalue weighted by Crippen LogP contribution is 2.58. The fourth-order valence-electron chi connectivity index (χ4n) is 11.0. The first-order valence-corrected chi connectivity index (χ1v) is 32.2. The number of hydrogen-bond acceptors (Lipinski definition) is 2. The molecule has 0 N–H and O–H groups in total. The van der Waals surface area contributed by atoms with Gasteiger partial charge >= 0.3 is 0 Å². The van der Waals surface area contributed by atoms with Crippen LogP contribution in [0.1, 0.15) is 316 Å². The van der Waals surface area contributed by atoms with E-state index in [0.29, 0.717) is 0 Å². The Morgan fingerprint density at radius 3 is 1.02 bits per heavy atom. The molecule has 0 heterocycles. The summed E-state index contributed by atoms with van der Waals surface area (Å²) in [5, 5.41) is 0. The molecule has 1 aromatic carbocycles. The summed E-state index contributed by atoms with van der Waals surface area (Å²) in [4.78, 5) is 0. The normalized spacial score (nSPS) is 14.9. The van der Waals surface area contributed by atoms with Gasteiger partial charge < -0.3 is 0 Å². The van der Waals surface area contributed by atoms with Crippen LogP contribution in [-0.2, 0) is 0 Å². The van der Waals surface area contributed by atoms with Crippen LogP contribution in [0.25, 0.3) is 0 Å². The molecule has 1 atom stereocenters. The summed E-state index contributed by atoms with van der Waals surface area (Å²) in [6.45, 7) is 9.34. The van der Waals surface area contributed by atoms with Crippen molar-refractivity contribution in [3.05, 3.63) is 58.2 Å². The van der Waals surface area contributed by atoms with E-state index >= 15 is 0 Å². The molecule has 380 valence electrons. The Bertz CT molecular complexity index is 1350. The van der Waals surface area contributed by atoms with Gasteiger partial charge in [0.25, 0.3) is 0 Å². The molecule has 2 heteroatoms. The summed E-state index contributed by atoms with van der Waals surface area (Å²) in [6.07, 6.45) is 66.3. The van der Waals surface area contributed by atoms with E-state index in [1.165, 1.54) is 288 Å². The number of thioether (sulfide) groups is 2. The van der Waals surface area contributed by atoms with E-state index in [0.717, 1.165) is 0 Å². The van der Waals surface area contributed by atoms with Crippen LogP contribution in [0.4, 0.5) is 0 Å². The van der Waals surface area contributed by atoms with Crippen molar-refractivity contribution in [2.24, 2.45) is 5.92 Å². The van der Waals surface area contributed by atoms with E-state index in [2.05, 4.69) is 106 Å². The molecule has 1 aliphatic carbocycles. The molecular weight excluding hydrogens is 833 g/mol. The molecule has 0 amide bonds. The Morgan fingerprint density at radius 2 is 0.667 bits per heavy atom. The van der Waals surface area contributed by atoms with Gasteiger partial charge in [0.05, 0.1) is 10.00 Å². The van der Waals surface area contributed by atoms with Crippen LogP contribution in [0.2, 0.25) is 0 Å². The Balaban J connectivity index is 2.49. The molecule has 0 nitrogen and oxygen atoms in total. The highest BCUT2D eigenvalue weighted by atomic mass is 32.2. The van der Waals surface area contributed by atoms with Crippen molar-refractivity contribution in [1.29, 1.82) is 0 Å². The number of unbranched alkanes of at least 4 members (excludes halogenated alkanes) is 36. The minimum absolute atomic E-state index is 0.00994. The minimum atomic E-state index is -0.00994. The topological polar surface area (TPSA) is 0 Å². The minimum Gasteiger partial charge on any atom is -0.141 e. The van der Waals surface area contributed by atoms with Crippen LogP contribution in [0, 0.1) is 17.8 Å². The average Bonchev–Trinajstić information content (AvgIpc) is 3.34. The second-order valence-corrected chi connectivity index (χ2v) is 23.2. The van der Waals surface area contributed by atoms with Gasteiger partial charge in [-0.25, -0.2) is 0 Å². The molecule has 0 saturated carbocycles. The average molecular weight is 946 g/mol. The van der Waals surface area contributed by atoms with Gasteiger partial charge in [-0.3, -0.25) is 0 Å². The Morgan fingerprint density at radius 1 is 0.364 bits per heavy atom. The maximum atomic E-state index is 4.15. The van der Waals surface area contributed by atoms with E-state index in [9.17, 15) is 0 Å². The maximum Gasteiger partial charge on any atom is 0.0995 e. The van der Waals surface area contributed by atoms with Crippen molar-refractivity contribution in [3.63, 3.8) is 0 Å². The zero-order valence-electron chi connectivity index (χ0n) is 45.4. The number of allylic oxidation sites excluding steroid dienone is 3. The molecule has 1 unspecified atom stereocenters. The summed E-state index contributed by atoms with van der Waals surface area (Å²) in [5.41, 5.74) is 8.42. The third kappa shape index (κ3) is 27.4. The molecule has 1 aromatic rings. The lowest BCUT2D eigenvalue weighted by atomic mass is 9.72. The van der Waals surface area contributed by atoms with Crippen LogP contribution in [0.5, 0.6) is 0 Å². The zero-order chi connectivity index (χ0) is 47.4. The maximum absolute atomic E-state index is 4.15. The SMILES string of the molecule is CCCCCCCCCCCCC1=C(CCCCCCCCCCCC)C(C#Cc2ccccc2)C(SC)(SC)C(CCCCCCCCCCCC)=C1CCCCCCCCCCCC. The van der Waals surface area contributed by atoms with Gasteiger partial charge in [0, 0.05) is 5.56 Å². The Labute approximate surface area is 423 Å². The van der Waals surface area contributed by atoms with Crippen molar-refractivity contribution < 1.29 is 0 Å². The van der Waals surface area contributed by atoms with Crippen LogP contribution in [0.15, 0.2) is 52.6 Å². The van der Waals surface area contributed by atoms with Crippen molar-refractivity contribution in [1.82, 2.24) is 0 Å². The summed E-state index contributed by atoms with van der Waals surface area (Å²) in [7, 11) is 0. The third-order valence-corrected chi connectivity index (χ3v) is 18.3. The first kappa shape index (κ1) is 61.1. The molecule has 1 aliphatic rings. The monoisotopic (exact) mass is 945 g/mol. The first-order valence-electron chi connectivity index (χ1n) is 29.7. The summed E-state index contributed by atoms with van der Waals surface area (Å²) >= 11 is 4.33. The summed E-state index contributed by atoms with van der Waals surface area (Å²) < 4.78 is -0.00994. The molecule has 0 saturated heterocycles. The summed E-state index contributed by atoms with van der Waals surface area (Å²) in [5.74, 6) is 8.26. The lowest BCUT2D eigenvalue weighted by Gasteiger charge is -2.46. The molecule has 2 rings (SSSR count). The van der Waals surface area contributed by atoms with Gasteiger partial charge in [-0.15, -0.1) is 23.5 Å². The molecule has 0 fully saturated rings. The first-order chi connectivity index (χ1) is 32.6. The molecule has 0 radical (unpaired) electrons. The number of benzene rings is 1. The molecule has 0 spiro atoms. The van der Waals surface area contributed by atoms with Crippen LogP contribution in [-0.4, -0.2) is 16.6 Å². The van der Waals surface area contributed by atoms with Crippen molar-refractivity contribution in [2.75, 3.05) is 12.5 Å². The van der Waals surface area contributed by atoms with Gasteiger partial charge in [0.1, 0.15) is 0 Å². The van der Waals surface area contributed by atoms with Crippen molar-refractivity contribution >= 4 is 23.5 Å². The van der Waals surface area contributed by atoms with E-state index in [-0.39, 0.29) is 10.00 Å². The highest BCUT2D eigenvalue weighted by Gasteiger charge is 2.47. The molecule has 66 heavy (non-hydrogen) atoms. The van der Waals surface area contributed by atoms with Crippen molar-refractivity contribution in [3.8, 4) is 11.8 Å². The third-order valence-electron chi connectivity index (χ3n) is 15.1. The molecule has 0 aromatic heterocycles. The van der Waals surface area contributed by atoms with Crippen LogP contribution in [0.3, 0.4) is 0 Å². The van der Waals surface area contributed by atoms with Crippen LogP contribution < -0.4 is 0 Å². The quantitative estimate of drug-likeness (QED) is 0.0363. The van der Waals surface area contributed by atoms with Gasteiger partial charge in [-0.1, -0.05) is 289 Å². The standard InChI is InChI=1S/C64H112S2/c1-7-11-15-19-23-27-31-35-39-46-52-59-60(53-47-40-36-32-28-24-20-16-12-8-2)62(55-49-42-38-34-30-26-22-18-14-10-4)64(65-5,66-6)63(57-56-58-50-44-43-45-51-58)61(59)54-48-41-37-33-29-25-21-17-13-9-3/h43-45,50-51,63H,7-42,46-49,52-55H2,1-6H3. The lowest BCUT2D eigenvalue weighted by molar-refractivity contribution is 0.530. The second kappa shape index (κ2) is 43.9. The van der Waals surface area contributed by atoms with Gasteiger partial charge in [0.2, 0.25) is 0 Å². The molecule has 0 aliphatic heterocycles. The highest BCUT2D eigenvalue weighted by molar-refractivity contribution is 8.18. The summed E-state index contributed by atoms with van der Waals surface area (Å²) in [6, 6.07) is 11.0. The van der Waals surface area contributed by atoms with Gasteiger partial charge in [-0.2, -0.15) is 0 Å². The van der Waals surface area contributed by atoms with E-state index in [1.54, 1.807) is 5.57 Å². The largest absolute Gasteiger partial charge is 0.141 e. The molecule has 0 bridgehead atoms. The van der Waals surface area contributed by atoms with E-state index in [1.807, 2.05) is 16.7 Å².